The zero-order valence-electron chi connectivity index (χ0n) is 14.6. The molecule has 0 aliphatic carbocycles. The van der Waals surface area contributed by atoms with Crippen molar-refractivity contribution in [2.24, 2.45) is 5.92 Å². The van der Waals surface area contributed by atoms with Crippen LogP contribution in [-0.4, -0.2) is 49.7 Å². The first-order valence-corrected chi connectivity index (χ1v) is 9.38. The fourth-order valence-electron chi connectivity index (χ4n) is 3.99. The van der Waals surface area contributed by atoms with Crippen LogP contribution in [0.4, 0.5) is 0 Å². The van der Waals surface area contributed by atoms with Gasteiger partial charge in [0.1, 0.15) is 5.58 Å². The van der Waals surface area contributed by atoms with Gasteiger partial charge in [0.2, 0.25) is 0 Å². The number of nitrogens with zero attached hydrogens (tertiary/aromatic N) is 1. The van der Waals surface area contributed by atoms with Crippen LogP contribution >= 0.6 is 0 Å². The lowest BCUT2D eigenvalue weighted by atomic mass is 9.94. The number of furan rings is 1. The highest BCUT2D eigenvalue weighted by molar-refractivity contribution is 5.96. The molecule has 2 fully saturated rings. The highest BCUT2D eigenvalue weighted by Gasteiger charge is 2.26. The van der Waals surface area contributed by atoms with Gasteiger partial charge in [-0.05, 0) is 56.8 Å². The molecule has 2 aromatic rings. The zero-order chi connectivity index (χ0) is 17.1. The number of carbonyl (C=O) groups is 1. The standard InChI is InChI=1S/C20H26N2O3/c23-20(19-13-16-3-1-2-4-18(16)25-19)21-14-15-5-9-22(10-6-15)17-7-11-24-12-8-17/h1-4,13,15,17H,5-12,14H2,(H,21,23). The summed E-state index contributed by atoms with van der Waals surface area (Å²) in [7, 11) is 0. The molecule has 0 bridgehead atoms. The Labute approximate surface area is 148 Å². The van der Waals surface area contributed by atoms with Crippen molar-refractivity contribution in [3.05, 3.63) is 36.1 Å². The number of hydrogen-bond acceptors (Lipinski definition) is 4. The van der Waals surface area contributed by atoms with Gasteiger partial charge in [-0.1, -0.05) is 18.2 Å². The maximum absolute atomic E-state index is 12.3. The summed E-state index contributed by atoms with van der Waals surface area (Å²) in [6.07, 6.45) is 4.62. The van der Waals surface area contributed by atoms with Gasteiger partial charge in [-0.2, -0.15) is 0 Å². The van der Waals surface area contributed by atoms with E-state index in [0.717, 1.165) is 69.5 Å². The number of rotatable bonds is 4. The van der Waals surface area contributed by atoms with Gasteiger partial charge in [0, 0.05) is 31.2 Å². The molecule has 0 unspecified atom stereocenters. The summed E-state index contributed by atoms with van der Waals surface area (Å²) in [6, 6.07) is 10.2. The summed E-state index contributed by atoms with van der Waals surface area (Å²) in [5, 5.41) is 4.02. The van der Waals surface area contributed by atoms with Gasteiger partial charge in [-0.15, -0.1) is 0 Å². The SMILES string of the molecule is O=C(NCC1CCN(C2CCOCC2)CC1)c1cc2ccccc2o1. The van der Waals surface area contributed by atoms with Crippen LogP contribution in [-0.2, 0) is 4.74 Å². The van der Waals surface area contributed by atoms with Gasteiger partial charge in [-0.25, -0.2) is 0 Å². The minimum absolute atomic E-state index is 0.108. The number of benzene rings is 1. The maximum Gasteiger partial charge on any atom is 0.287 e. The summed E-state index contributed by atoms with van der Waals surface area (Å²) in [4.78, 5) is 15.0. The van der Waals surface area contributed by atoms with Gasteiger partial charge >= 0.3 is 0 Å². The molecule has 3 heterocycles. The van der Waals surface area contributed by atoms with Crippen LogP contribution in [0.3, 0.4) is 0 Å². The van der Waals surface area contributed by atoms with Crippen LogP contribution in [0.2, 0.25) is 0 Å². The van der Waals surface area contributed by atoms with E-state index in [2.05, 4.69) is 10.2 Å². The van der Waals surface area contributed by atoms with Crippen LogP contribution in [0, 0.1) is 5.92 Å². The molecule has 2 aliphatic heterocycles. The molecule has 134 valence electrons. The van der Waals surface area contributed by atoms with E-state index in [9.17, 15) is 4.79 Å². The number of carbonyl (C=O) groups excluding carboxylic acids is 1. The second-order valence-electron chi connectivity index (χ2n) is 7.18. The summed E-state index contributed by atoms with van der Waals surface area (Å²) >= 11 is 0. The fourth-order valence-corrected chi connectivity index (χ4v) is 3.99. The van der Waals surface area contributed by atoms with Crippen molar-refractivity contribution in [2.75, 3.05) is 32.8 Å². The largest absolute Gasteiger partial charge is 0.451 e. The average Bonchev–Trinajstić information content (AvgIpc) is 3.11. The zero-order valence-corrected chi connectivity index (χ0v) is 14.6. The lowest BCUT2D eigenvalue weighted by Crippen LogP contribution is -2.45. The van der Waals surface area contributed by atoms with E-state index in [1.165, 1.54) is 0 Å². The topological polar surface area (TPSA) is 54.7 Å². The van der Waals surface area contributed by atoms with Crippen molar-refractivity contribution in [3.8, 4) is 0 Å². The molecule has 4 rings (SSSR count). The summed E-state index contributed by atoms with van der Waals surface area (Å²) in [6.45, 7) is 4.81. The molecule has 1 amide bonds. The Hall–Kier alpha value is -1.85. The Kier molecular flexibility index (Phi) is 5.04. The lowest BCUT2D eigenvalue weighted by Gasteiger charge is -2.39. The molecule has 25 heavy (non-hydrogen) atoms. The van der Waals surface area contributed by atoms with Crippen molar-refractivity contribution >= 4 is 16.9 Å². The number of fused-ring (bicyclic) bond motifs is 1. The number of ether oxygens (including phenoxy) is 1. The van der Waals surface area contributed by atoms with Crippen LogP contribution in [0.25, 0.3) is 11.0 Å². The Morgan fingerprint density at radius 2 is 1.88 bits per heavy atom. The normalized spacial score (nSPS) is 20.8. The van der Waals surface area contributed by atoms with Crippen molar-refractivity contribution < 1.29 is 13.9 Å². The third kappa shape index (κ3) is 3.88. The summed E-state index contributed by atoms with van der Waals surface area (Å²) < 4.78 is 11.1. The molecule has 5 heteroatoms. The van der Waals surface area contributed by atoms with Crippen molar-refractivity contribution in [3.63, 3.8) is 0 Å². The van der Waals surface area contributed by atoms with Crippen molar-refractivity contribution in [1.82, 2.24) is 10.2 Å². The number of amides is 1. The highest BCUT2D eigenvalue weighted by atomic mass is 16.5. The predicted molar refractivity (Wildman–Crippen MR) is 96.7 cm³/mol. The molecular weight excluding hydrogens is 316 g/mol. The predicted octanol–water partition coefficient (Wildman–Crippen LogP) is 3.05. The molecule has 2 saturated heterocycles. The first kappa shape index (κ1) is 16.6. The first-order valence-electron chi connectivity index (χ1n) is 9.38. The Bertz CT molecular complexity index is 680. The quantitative estimate of drug-likeness (QED) is 0.928. The van der Waals surface area contributed by atoms with Crippen LogP contribution in [0.1, 0.15) is 36.2 Å². The van der Waals surface area contributed by atoms with E-state index in [0.29, 0.717) is 17.7 Å². The van der Waals surface area contributed by atoms with E-state index in [4.69, 9.17) is 9.15 Å². The number of nitrogens with one attached hydrogen (secondary N) is 1. The smallest absolute Gasteiger partial charge is 0.287 e. The van der Waals surface area contributed by atoms with E-state index in [1.54, 1.807) is 0 Å². The van der Waals surface area contributed by atoms with Crippen LogP contribution < -0.4 is 5.32 Å². The molecule has 0 radical (unpaired) electrons. The number of para-hydroxylation sites is 1. The molecule has 0 atom stereocenters. The van der Waals surface area contributed by atoms with Crippen LogP contribution in [0.5, 0.6) is 0 Å². The van der Waals surface area contributed by atoms with E-state index in [1.807, 2.05) is 30.3 Å². The first-order chi connectivity index (χ1) is 12.3. The minimum atomic E-state index is -0.108. The van der Waals surface area contributed by atoms with Gasteiger partial charge in [0.25, 0.3) is 5.91 Å². The molecule has 5 nitrogen and oxygen atoms in total. The van der Waals surface area contributed by atoms with Gasteiger partial charge < -0.3 is 19.4 Å². The van der Waals surface area contributed by atoms with E-state index < -0.39 is 0 Å². The molecule has 2 aliphatic rings. The second-order valence-corrected chi connectivity index (χ2v) is 7.18. The van der Waals surface area contributed by atoms with Gasteiger partial charge in [0.15, 0.2) is 5.76 Å². The molecule has 0 saturated carbocycles. The summed E-state index contributed by atoms with van der Waals surface area (Å²) in [5.41, 5.74) is 0.761. The number of likely N-dealkylation sites (tertiary alicyclic amines) is 1. The molecule has 1 aromatic carbocycles. The highest BCUT2D eigenvalue weighted by Crippen LogP contribution is 2.23. The second kappa shape index (κ2) is 7.58. The minimum Gasteiger partial charge on any atom is -0.451 e. The van der Waals surface area contributed by atoms with E-state index in [-0.39, 0.29) is 5.91 Å². The molecule has 1 aromatic heterocycles. The molecule has 0 spiro atoms. The van der Waals surface area contributed by atoms with Crippen molar-refractivity contribution in [2.45, 2.75) is 31.7 Å². The van der Waals surface area contributed by atoms with Gasteiger partial charge in [-0.3, -0.25) is 4.79 Å². The number of piperidine rings is 1. The van der Waals surface area contributed by atoms with E-state index >= 15 is 0 Å². The molecular formula is C20H26N2O3. The van der Waals surface area contributed by atoms with Crippen molar-refractivity contribution in [1.29, 1.82) is 0 Å². The Balaban J connectivity index is 1.25. The molecule has 1 N–H and O–H groups in total. The Morgan fingerprint density at radius 1 is 1.12 bits per heavy atom. The fraction of sp³-hybridized carbons (Fsp3) is 0.550. The Morgan fingerprint density at radius 3 is 2.64 bits per heavy atom. The number of hydrogen-bond donors (Lipinski definition) is 1. The lowest BCUT2D eigenvalue weighted by molar-refractivity contribution is 0.0211. The maximum atomic E-state index is 12.3. The monoisotopic (exact) mass is 342 g/mol. The average molecular weight is 342 g/mol. The third-order valence-corrected chi connectivity index (χ3v) is 5.56. The third-order valence-electron chi connectivity index (χ3n) is 5.56. The van der Waals surface area contributed by atoms with Gasteiger partial charge in [0.05, 0.1) is 0 Å². The van der Waals surface area contributed by atoms with Crippen LogP contribution in [0.15, 0.2) is 34.7 Å². The summed E-state index contributed by atoms with van der Waals surface area (Å²) in [5.74, 6) is 0.855.